The highest BCUT2D eigenvalue weighted by Gasteiger charge is 2.39. The summed E-state index contributed by atoms with van der Waals surface area (Å²) in [5, 5.41) is 27.5. The van der Waals surface area contributed by atoms with Crippen molar-refractivity contribution in [2.45, 2.75) is 35.7 Å². The van der Waals surface area contributed by atoms with E-state index in [0.717, 1.165) is 16.7 Å². The Morgan fingerprint density at radius 3 is 1.50 bits per heavy atom. The van der Waals surface area contributed by atoms with Crippen molar-refractivity contribution < 1.29 is 38.9 Å². The monoisotopic (exact) mass is 745 g/mol. The molecule has 0 saturated heterocycles. The van der Waals surface area contributed by atoms with Crippen molar-refractivity contribution in [1.29, 1.82) is 0 Å². The molecule has 0 aliphatic carbocycles. The summed E-state index contributed by atoms with van der Waals surface area (Å²) in [7, 11) is 0. The summed E-state index contributed by atoms with van der Waals surface area (Å²) in [6, 6.07) is 41.2. The molecule has 0 unspecified atom stereocenters. The number of para-hydroxylation sites is 1. The van der Waals surface area contributed by atoms with Gasteiger partial charge in [0.15, 0.2) is 6.04 Å². The highest BCUT2D eigenvalue weighted by Crippen LogP contribution is 2.48. The van der Waals surface area contributed by atoms with Crippen molar-refractivity contribution in [3.63, 3.8) is 0 Å². The quantitative estimate of drug-likeness (QED) is 0.0700. The Kier molecular flexibility index (Phi) is 13.6. The van der Waals surface area contributed by atoms with Crippen LogP contribution in [0, 0.1) is 0 Å². The normalized spacial score (nSPS) is 12.7. The Balaban J connectivity index is 1.42. The Bertz CT molecular complexity index is 1910. The van der Waals surface area contributed by atoms with Crippen LogP contribution < -0.4 is 20.7 Å². The number of carbonyl (C=O) groups is 5. The number of aliphatic carboxylic acids is 2. The van der Waals surface area contributed by atoms with Gasteiger partial charge in [-0.3, -0.25) is 9.59 Å². The summed E-state index contributed by atoms with van der Waals surface area (Å²) in [6.07, 6.45) is -1.72. The van der Waals surface area contributed by atoms with E-state index in [2.05, 4.69) is 16.0 Å². The zero-order valence-corrected chi connectivity index (χ0v) is 29.9. The molecule has 0 fully saturated rings. The highest BCUT2D eigenvalue weighted by atomic mass is 32.2. The molecule has 0 radical (unpaired) electrons. The average Bonchev–Trinajstić information content (AvgIpc) is 3.20. The van der Waals surface area contributed by atoms with E-state index >= 15 is 0 Å². The van der Waals surface area contributed by atoms with Crippen LogP contribution in [0.1, 0.15) is 41.1 Å². The molecule has 5 rings (SSSR count). The van der Waals surface area contributed by atoms with E-state index in [9.17, 15) is 34.2 Å². The van der Waals surface area contributed by atoms with Gasteiger partial charge in [0.2, 0.25) is 11.8 Å². The first-order valence-electron chi connectivity index (χ1n) is 17.1. The van der Waals surface area contributed by atoms with Gasteiger partial charge < -0.3 is 30.9 Å². The number of carboxylic acid groups (broad SMARTS) is 2. The summed E-state index contributed by atoms with van der Waals surface area (Å²) in [5.74, 6) is -3.94. The maximum absolute atomic E-state index is 14.1. The van der Waals surface area contributed by atoms with E-state index in [0.29, 0.717) is 5.56 Å². The van der Waals surface area contributed by atoms with Gasteiger partial charge in [0.25, 0.3) is 0 Å². The molecule has 276 valence electrons. The van der Waals surface area contributed by atoms with E-state index in [4.69, 9.17) is 4.74 Å². The van der Waals surface area contributed by atoms with E-state index in [1.807, 2.05) is 91.0 Å². The second-order valence-electron chi connectivity index (χ2n) is 12.2. The first-order chi connectivity index (χ1) is 26.2. The molecule has 0 saturated carbocycles. The third-order valence-corrected chi connectivity index (χ3v) is 10.2. The second kappa shape index (κ2) is 18.9. The molecule has 5 aromatic rings. The van der Waals surface area contributed by atoms with Gasteiger partial charge in [-0.05, 0) is 40.8 Å². The van der Waals surface area contributed by atoms with Crippen LogP contribution in [0.4, 0.5) is 4.79 Å². The first-order valence-corrected chi connectivity index (χ1v) is 18.1. The van der Waals surface area contributed by atoms with Gasteiger partial charge in [0.05, 0.1) is 4.75 Å². The molecule has 12 heteroatoms. The molecular formula is C42H39N3O8S. The minimum atomic E-state index is -1.48. The predicted octanol–water partition coefficient (Wildman–Crippen LogP) is 6.16. The van der Waals surface area contributed by atoms with E-state index in [1.165, 1.54) is 23.9 Å². The van der Waals surface area contributed by atoms with E-state index in [1.54, 1.807) is 48.5 Å². The number of carbonyl (C=O) groups excluding carboxylic acids is 3. The molecule has 54 heavy (non-hydrogen) atoms. The van der Waals surface area contributed by atoms with Crippen molar-refractivity contribution in [2.75, 3.05) is 5.75 Å². The van der Waals surface area contributed by atoms with Crippen molar-refractivity contribution in [1.82, 2.24) is 16.0 Å². The number of thioether (sulfide) groups is 1. The predicted molar refractivity (Wildman–Crippen MR) is 205 cm³/mol. The Morgan fingerprint density at radius 1 is 0.574 bits per heavy atom. The summed E-state index contributed by atoms with van der Waals surface area (Å²) >= 11 is 1.39. The molecule has 3 amide bonds. The fourth-order valence-electron chi connectivity index (χ4n) is 5.90. The lowest BCUT2D eigenvalue weighted by Gasteiger charge is -2.36. The molecule has 0 heterocycles. The Labute approximate surface area is 316 Å². The van der Waals surface area contributed by atoms with Gasteiger partial charge in [-0.2, -0.15) is 0 Å². The number of amides is 3. The van der Waals surface area contributed by atoms with Crippen LogP contribution in [0.5, 0.6) is 5.75 Å². The summed E-state index contributed by atoms with van der Waals surface area (Å²) < 4.78 is 4.27. The molecule has 0 aliphatic rings. The van der Waals surface area contributed by atoms with Crippen LogP contribution in [0.15, 0.2) is 152 Å². The Morgan fingerprint density at radius 2 is 1.04 bits per heavy atom. The third-order valence-electron chi connectivity index (χ3n) is 8.53. The van der Waals surface area contributed by atoms with Crippen LogP contribution in [-0.4, -0.2) is 57.9 Å². The van der Waals surface area contributed by atoms with Crippen LogP contribution >= 0.6 is 11.8 Å². The highest BCUT2D eigenvalue weighted by molar-refractivity contribution is 8.00. The number of ether oxygens (including phenoxy) is 1. The smallest absolute Gasteiger partial charge is 0.413 e. The van der Waals surface area contributed by atoms with Crippen molar-refractivity contribution in [2.24, 2.45) is 0 Å². The summed E-state index contributed by atoms with van der Waals surface area (Å²) in [5.41, 5.74) is 3.05. The largest absolute Gasteiger partial charge is 0.480 e. The SMILES string of the molecule is O=C(CC[C@H](NC(=O)Oc1ccccc1)C(=O)O)N[C@@H](CSC(c1ccccc1)(c1ccccc1)c1ccccc1)C(=O)N[C@H](C(=O)O)c1ccccc1. The number of hydrogen-bond donors (Lipinski definition) is 5. The second-order valence-corrected chi connectivity index (χ2v) is 13.4. The zero-order valence-electron chi connectivity index (χ0n) is 29.0. The maximum Gasteiger partial charge on any atom is 0.413 e. The van der Waals surface area contributed by atoms with Crippen LogP contribution in [0.25, 0.3) is 0 Å². The van der Waals surface area contributed by atoms with Gasteiger partial charge in [-0.1, -0.05) is 140 Å². The molecule has 0 aromatic heterocycles. The number of nitrogens with one attached hydrogen (secondary N) is 3. The summed E-state index contributed by atoms with van der Waals surface area (Å²) in [6.45, 7) is 0. The molecule has 11 nitrogen and oxygen atoms in total. The number of hydrogen-bond acceptors (Lipinski definition) is 7. The van der Waals surface area contributed by atoms with Crippen LogP contribution in [0.3, 0.4) is 0 Å². The standard InChI is InChI=1S/C42H39N3O8S/c46-36(27-26-34(39(48)49)44-41(52)53-33-24-14-5-15-25-33)43-35(38(47)45-37(40(50)51)29-16-6-1-7-17-29)28-54-42(30-18-8-2-9-19-30,31-20-10-3-11-21-31)32-22-12-4-13-23-32/h1-25,34-35,37H,26-28H2,(H,43,46)(H,44,52)(H,45,47)(H,48,49)(H,50,51)/t34-,35-,37-/m0/s1. The van der Waals surface area contributed by atoms with Gasteiger partial charge >= 0.3 is 18.0 Å². The molecule has 3 atom stereocenters. The van der Waals surface area contributed by atoms with Gasteiger partial charge in [-0.15, -0.1) is 11.8 Å². The summed E-state index contributed by atoms with van der Waals surface area (Å²) in [4.78, 5) is 64.5. The van der Waals surface area contributed by atoms with Crippen molar-refractivity contribution in [3.8, 4) is 5.75 Å². The topological polar surface area (TPSA) is 171 Å². The Hall–Kier alpha value is -6.40. The number of benzene rings is 5. The number of rotatable bonds is 17. The lowest BCUT2D eigenvalue weighted by Crippen LogP contribution is -2.51. The molecule has 0 bridgehead atoms. The van der Waals surface area contributed by atoms with E-state index < -0.39 is 52.7 Å². The lowest BCUT2D eigenvalue weighted by atomic mass is 9.84. The van der Waals surface area contributed by atoms with Gasteiger partial charge in [0, 0.05) is 12.2 Å². The van der Waals surface area contributed by atoms with Gasteiger partial charge in [0.1, 0.15) is 17.8 Å². The minimum Gasteiger partial charge on any atom is -0.480 e. The van der Waals surface area contributed by atoms with Crippen molar-refractivity contribution >= 4 is 41.6 Å². The maximum atomic E-state index is 14.1. The average molecular weight is 746 g/mol. The molecule has 5 N–H and O–H groups in total. The van der Waals surface area contributed by atoms with Crippen LogP contribution in [0.2, 0.25) is 0 Å². The number of carboxylic acids is 2. The molecule has 0 spiro atoms. The zero-order chi connectivity index (χ0) is 38.3. The van der Waals surface area contributed by atoms with Crippen LogP contribution in [-0.2, 0) is 23.9 Å². The third kappa shape index (κ3) is 10.1. The minimum absolute atomic E-state index is 0.0264. The fraction of sp³-hybridized carbons (Fsp3) is 0.167. The first kappa shape index (κ1) is 38.8. The van der Waals surface area contributed by atoms with Crippen molar-refractivity contribution in [3.05, 3.63) is 174 Å². The van der Waals surface area contributed by atoms with Gasteiger partial charge in [-0.25, -0.2) is 14.4 Å². The fourth-order valence-corrected chi connectivity index (χ4v) is 7.46. The molecular weight excluding hydrogens is 707 g/mol. The molecule has 0 aliphatic heterocycles. The lowest BCUT2D eigenvalue weighted by molar-refractivity contribution is -0.142. The van der Waals surface area contributed by atoms with E-state index in [-0.39, 0.29) is 24.3 Å². The molecule has 5 aromatic carbocycles.